The average Bonchev–Trinajstić information content (AvgIpc) is 3.48. The fourth-order valence-electron chi connectivity index (χ4n) is 4.27. The summed E-state index contributed by atoms with van der Waals surface area (Å²) < 4.78 is 5.88. The van der Waals surface area contributed by atoms with Crippen molar-refractivity contribution in [2.45, 2.75) is 46.2 Å². The van der Waals surface area contributed by atoms with Crippen LogP contribution in [-0.2, 0) is 6.54 Å². The van der Waals surface area contributed by atoms with Crippen LogP contribution in [0.1, 0.15) is 44.0 Å². The van der Waals surface area contributed by atoms with E-state index in [1.54, 1.807) is 12.4 Å². The third-order valence-electron chi connectivity index (χ3n) is 5.78. The maximum absolute atomic E-state index is 6.43. The maximum Gasteiger partial charge on any atom is 0.155 e. The lowest BCUT2D eigenvalue weighted by molar-refractivity contribution is 0.207. The number of halogens is 1. The van der Waals surface area contributed by atoms with Crippen LogP contribution in [0.2, 0.25) is 5.02 Å². The monoisotopic (exact) mass is 490 g/mol. The Balaban J connectivity index is 0.000000239. The van der Waals surface area contributed by atoms with Crippen LogP contribution in [0.4, 0.5) is 0 Å². The van der Waals surface area contributed by atoms with Gasteiger partial charge in [-0.3, -0.25) is 15.1 Å². The topological polar surface area (TPSA) is 102 Å². The zero-order valence-corrected chi connectivity index (χ0v) is 21.3. The van der Waals surface area contributed by atoms with Gasteiger partial charge in [-0.2, -0.15) is 5.10 Å². The highest BCUT2D eigenvalue weighted by atomic mass is 35.5. The van der Waals surface area contributed by atoms with Gasteiger partial charge in [0, 0.05) is 35.1 Å². The summed E-state index contributed by atoms with van der Waals surface area (Å²) in [6, 6.07) is 9.73. The molecule has 0 saturated heterocycles. The molecule has 0 spiro atoms. The molecule has 1 aliphatic rings. The molecular weight excluding hydrogens is 460 g/mol. The molecule has 3 N–H and O–H groups in total. The first kappa shape index (κ1) is 24.8. The molecule has 1 aromatic carbocycles. The van der Waals surface area contributed by atoms with Gasteiger partial charge in [-0.1, -0.05) is 31.5 Å². The van der Waals surface area contributed by atoms with E-state index in [0.717, 1.165) is 40.8 Å². The molecule has 4 heterocycles. The average molecular weight is 491 g/mol. The van der Waals surface area contributed by atoms with E-state index in [1.165, 1.54) is 11.1 Å². The van der Waals surface area contributed by atoms with Crippen molar-refractivity contribution in [1.29, 1.82) is 0 Å². The Morgan fingerprint density at radius 2 is 1.97 bits per heavy atom. The third-order valence-corrected chi connectivity index (χ3v) is 6.08. The van der Waals surface area contributed by atoms with Gasteiger partial charge in [0.05, 0.1) is 23.5 Å². The minimum atomic E-state index is -0.385. The second-order valence-electron chi connectivity index (χ2n) is 9.63. The van der Waals surface area contributed by atoms with Crippen molar-refractivity contribution in [2.24, 2.45) is 16.6 Å². The van der Waals surface area contributed by atoms with Gasteiger partial charge in [0.15, 0.2) is 5.65 Å². The Kier molecular flexibility index (Phi) is 7.48. The van der Waals surface area contributed by atoms with Crippen LogP contribution < -0.4 is 10.5 Å². The van der Waals surface area contributed by atoms with Crippen molar-refractivity contribution in [2.75, 3.05) is 6.61 Å². The lowest BCUT2D eigenvalue weighted by Crippen LogP contribution is -2.43. The number of H-pyrrole nitrogens is 1. The molecular formula is C27H31ClN6O. The number of aryl methyl sites for hydroxylation is 1. The van der Waals surface area contributed by atoms with Crippen LogP contribution in [0, 0.1) is 12.8 Å². The predicted octanol–water partition coefficient (Wildman–Crippen LogP) is 5.74. The molecule has 35 heavy (non-hydrogen) atoms. The van der Waals surface area contributed by atoms with Crippen molar-refractivity contribution in [1.82, 2.24) is 20.2 Å². The van der Waals surface area contributed by atoms with E-state index >= 15 is 0 Å². The summed E-state index contributed by atoms with van der Waals surface area (Å²) in [5.74, 6) is 1.16. The van der Waals surface area contributed by atoms with Crippen LogP contribution in [0.3, 0.4) is 0 Å². The molecule has 8 heteroatoms. The third kappa shape index (κ3) is 6.05. The molecule has 0 unspecified atom stereocenters. The zero-order valence-electron chi connectivity index (χ0n) is 20.5. The number of hydrogen-bond donors (Lipinski definition) is 2. The number of nitrogens with two attached hydrogens (primary N) is 1. The molecule has 7 nitrogen and oxygen atoms in total. The minimum absolute atomic E-state index is 0.385. The van der Waals surface area contributed by atoms with Gasteiger partial charge in [0.2, 0.25) is 0 Å². The highest BCUT2D eigenvalue weighted by Crippen LogP contribution is 2.33. The zero-order chi connectivity index (χ0) is 25.0. The summed E-state index contributed by atoms with van der Waals surface area (Å²) in [5, 5.41) is 8.44. The smallest absolute Gasteiger partial charge is 0.155 e. The first-order valence-corrected chi connectivity index (χ1v) is 12.1. The Bertz CT molecular complexity index is 1340. The number of nitrogens with zero attached hydrogens (tertiary/aromatic N) is 4. The van der Waals surface area contributed by atoms with E-state index in [2.05, 4.69) is 45.9 Å². The van der Waals surface area contributed by atoms with Gasteiger partial charge in [-0.15, -0.1) is 0 Å². The second-order valence-corrected chi connectivity index (χ2v) is 10.0. The number of aromatic nitrogens is 4. The summed E-state index contributed by atoms with van der Waals surface area (Å²) in [5.41, 5.74) is 12.3. The number of aliphatic imine (C=N–C) groups is 1. The number of nitrogens with one attached hydrogen (secondary N) is 1. The molecule has 1 aliphatic heterocycles. The molecule has 0 saturated carbocycles. The van der Waals surface area contributed by atoms with Crippen molar-refractivity contribution in [3.05, 3.63) is 70.8 Å². The lowest BCUT2D eigenvalue weighted by Gasteiger charge is -2.26. The fraction of sp³-hybridized carbons (Fsp3) is 0.333. The Hall–Kier alpha value is -3.29. The van der Waals surface area contributed by atoms with Crippen LogP contribution in [0.5, 0.6) is 5.75 Å². The van der Waals surface area contributed by atoms with E-state index in [9.17, 15) is 0 Å². The Morgan fingerprint density at radius 3 is 2.71 bits per heavy atom. The number of fused-ring (bicyclic) bond motifs is 2. The number of rotatable bonds is 6. The van der Waals surface area contributed by atoms with Gasteiger partial charge in [-0.05, 0) is 67.1 Å². The first-order valence-electron chi connectivity index (χ1n) is 11.7. The minimum Gasteiger partial charge on any atom is -0.490 e. The number of hydrogen-bond acceptors (Lipinski definition) is 6. The van der Waals surface area contributed by atoms with Crippen molar-refractivity contribution >= 4 is 28.8 Å². The molecule has 0 aliphatic carbocycles. The summed E-state index contributed by atoms with van der Waals surface area (Å²) >= 11 is 6.43. The predicted molar refractivity (Wildman–Crippen MR) is 142 cm³/mol. The van der Waals surface area contributed by atoms with Gasteiger partial charge < -0.3 is 10.5 Å². The summed E-state index contributed by atoms with van der Waals surface area (Å²) in [4.78, 5) is 12.6. The van der Waals surface area contributed by atoms with Gasteiger partial charge in [0.1, 0.15) is 12.4 Å². The highest BCUT2D eigenvalue weighted by Gasteiger charge is 2.21. The summed E-state index contributed by atoms with van der Waals surface area (Å²) in [7, 11) is 0. The molecule has 0 bridgehead atoms. The van der Waals surface area contributed by atoms with Crippen molar-refractivity contribution < 1.29 is 4.74 Å². The van der Waals surface area contributed by atoms with Gasteiger partial charge >= 0.3 is 0 Å². The van der Waals surface area contributed by atoms with Crippen LogP contribution >= 0.6 is 11.6 Å². The van der Waals surface area contributed by atoms with Gasteiger partial charge in [0.25, 0.3) is 0 Å². The molecule has 4 aromatic rings. The SMILES string of the molecule is CC(C)C[C@](C)(N)COc1ccc(-c2ccnc3[nH]ncc23)cc1Cl.Cc1ccnc2c1C=NC2. The van der Waals surface area contributed by atoms with E-state index < -0.39 is 0 Å². The number of ether oxygens (including phenoxy) is 1. The van der Waals surface area contributed by atoms with Crippen LogP contribution in [0.15, 0.2) is 53.9 Å². The van der Waals surface area contributed by atoms with Crippen LogP contribution in [-0.4, -0.2) is 38.5 Å². The molecule has 0 fully saturated rings. The highest BCUT2D eigenvalue weighted by molar-refractivity contribution is 6.32. The quantitative estimate of drug-likeness (QED) is 0.358. The van der Waals surface area contributed by atoms with Gasteiger partial charge in [-0.25, -0.2) is 4.98 Å². The lowest BCUT2D eigenvalue weighted by atomic mass is 9.93. The van der Waals surface area contributed by atoms with Crippen molar-refractivity contribution in [3.63, 3.8) is 0 Å². The van der Waals surface area contributed by atoms with E-state index in [1.807, 2.05) is 49.7 Å². The van der Waals surface area contributed by atoms with Crippen LogP contribution in [0.25, 0.3) is 22.2 Å². The fourth-order valence-corrected chi connectivity index (χ4v) is 4.51. The largest absolute Gasteiger partial charge is 0.490 e. The molecule has 0 amide bonds. The Morgan fingerprint density at radius 1 is 1.17 bits per heavy atom. The first-order chi connectivity index (χ1) is 16.7. The standard InChI is InChI=1S/C19H23ClN4O.C8H8N2/c1-12(2)9-19(3,21)11-25-17-5-4-13(8-16(17)20)14-6-7-22-18-15(14)10-23-24-18;1-6-2-3-10-8-5-9-4-7(6)8/h4-8,10,12H,9,11,21H2,1-3H3,(H,22,23,24);2-4H,5H2,1H3/t19-;/m0./s1. The molecule has 182 valence electrons. The summed E-state index contributed by atoms with van der Waals surface area (Å²) in [6.45, 7) is 9.57. The normalized spacial score (nSPS) is 13.9. The number of benzene rings is 1. The van der Waals surface area contributed by atoms with E-state index in [0.29, 0.717) is 23.3 Å². The molecule has 5 rings (SSSR count). The molecule has 3 aromatic heterocycles. The number of pyridine rings is 2. The van der Waals surface area contributed by atoms with E-state index in [-0.39, 0.29) is 5.54 Å². The van der Waals surface area contributed by atoms with E-state index in [4.69, 9.17) is 22.1 Å². The second kappa shape index (κ2) is 10.5. The summed E-state index contributed by atoms with van der Waals surface area (Å²) in [6.07, 6.45) is 8.14. The molecule has 1 atom stereocenters. The Labute approximate surface area is 210 Å². The van der Waals surface area contributed by atoms with Crippen molar-refractivity contribution in [3.8, 4) is 16.9 Å². The number of aromatic amines is 1. The molecule has 0 radical (unpaired) electrons. The maximum atomic E-state index is 6.43.